The zero-order valence-corrected chi connectivity index (χ0v) is 15.6. The number of halogens is 1. The van der Waals surface area contributed by atoms with E-state index in [1.54, 1.807) is 0 Å². The third-order valence-corrected chi connectivity index (χ3v) is 5.80. The van der Waals surface area contributed by atoms with Gasteiger partial charge in [0.1, 0.15) is 11.4 Å². The standard InChI is InChI=1S/C20H28N2O.ClH/c1-19(2)7-6-16-4-3-5-17(18(16)23-19)14-22-12-9-20(10-13-22)8-11-21-15-20;/h3-7,21H,8-15H2,1-2H3;1H. The van der Waals surface area contributed by atoms with Crippen molar-refractivity contribution in [3.05, 3.63) is 35.4 Å². The van der Waals surface area contributed by atoms with E-state index >= 15 is 0 Å². The van der Waals surface area contributed by atoms with E-state index in [1.807, 2.05) is 0 Å². The largest absolute Gasteiger partial charge is 0.483 e. The molecule has 0 bridgehead atoms. The maximum Gasteiger partial charge on any atom is 0.132 e. The van der Waals surface area contributed by atoms with Crippen LogP contribution in [0.3, 0.4) is 0 Å². The molecule has 0 radical (unpaired) electrons. The molecule has 3 aliphatic rings. The van der Waals surface area contributed by atoms with Crippen LogP contribution in [-0.2, 0) is 6.54 Å². The normalized spacial score (nSPS) is 24.2. The first-order valence-corrected chi connectivity index (χ1v) is 8.99. The zero-order valence-electron chi connectivity index (χ0n) is 14.8. The van der Waals surface area contributed by atoms with Gasteiger partial charge in [0.05, 0.1) is 0 Å². The molecule has 0 unspecified atom stereocenters. The number of nitrogens with zero attached hydrogens (tertiary/aromatic N) is 1. The Bertz CT molecular complexity index is 610. The number of ether oxygens (including phenoxy) is 1. The van der Waals surface area contributed by atoms with Gasteiger partial charge >= 0.3 is 0 Å². The Labute approximate surface area is 151 Å². The van der Waals surface area contributed by atoms with Crippen molar-refractivity contribution in [1.82, 2.24) is 10.2 Å². The highest BCUT2D eigenvalue weighted by Crippen LogP contribution is 2.39. The predicted molar refractivity (Wildman–Crippen MR) is 102 cm³/mol. The number of benzene rings is 1. The van der Waals surface area contributed by atoms with Crippen LogP contribution in [0.5, 0.6) is 5.75 Å². The van der Waals surface area contributed by atoms with Gasteiger partial charge in [-0.1, -0.05) is 24.3 Å². The molecule has 0 amide bonds. The Morgan fingerprint density at radius 3 is 2.67 bits per heavy atom. The molecule has 0 saturated carbocycles. The molecular formula is C20H29ClN2O. The highest BCUT2D eigenvalue weighted by Gasteiger charge is 2.37. The van der Waals surface area contributed by atoms with Crippen molar-refractivity contribution in [1.29, 1.82) is 0 Å². The van der Waals surface area contributed by atoms with Crippen molar-refractivity contribution in [2.75, 3.05) is 26.2 Å². The summed E-state index contributed by atoms with van der Waals surface area (Å²) in [5, 5.41) is 3.55. The van der Waals surface area contributed by atoms with Crippen molar-refractivity contribution in [3.63, 3.8) is 0 Å². The van der Waals surface area contributed by atoms with Gasteiger partial charge in [0.2, 0.25) is 0 Å². The van der Waals surface area contributed by atoms with Gasteiger partial charge in [0, 0.05) is 24.2 Å². The summed E-state index contributed by atoms with van der Waals surface area (Å²) in [7, 11) is 0. The number of hydrogen-bond donors (Lipinski definition) is 1. The van der Waals surface area contributed by atoms with Crippen molar-refractivity contribution in [2.45, 2.75) is 45.3 Å². The second kappa shape index (κ2) is 6.70. The first kappa shape index (κ1) is 17.8. The number of fused-ring (bicyclic) bond motifs is 1. The van der Waals surface area contributed by atoms with E-state index in [2.05, 4.69) is 54.4 Å². The van der Waals surface area contributed by atoms with E-state index in [9.17, 15) is 0 Å². The fourth-order valence-corrected chi connectivity index (χ4v) is 4.22. The zero-order chi connectivity index (χ0) is 15.9. The highest BCUT2D eigenvalue weighted by atomic mass is 35.5. The Kier molecular flexibility index (Phi) is 4.96. The molecule has 4 heteroatoms. The smallest absolute Gasteiger partial charge is 0.132 e. The third kappa shape index (κ3) is 3.49. The van der Waals surface area contributed by atoms with Gasteiger partial charge in [-0.2, -0.15) is 0 Å². The summed E-state index contributed by atoms with van der Waals surface area (Å²) in [4.78, 5) is 2.61. The van der Waals surface area contributed by atoms with Crippen LogP contribution in [0.4, 0.5) is 0 Å². The second-order valence-corrected chi connectivity index (χ2v) is 8.08. The number of likely N-dealkylation sites (tertiary alicyclic amines) is 1. The number of para-hydroxylation sites is 1. The Balaban J connectivity index is 0.00000169. The van der Waals surface area contributed by atoms with Crippen molar-refractivity contribution < 1.29 is 4.74 Å². The minimum Gasteiger partial charge on any atom is -0.483 e. The summed E-state index contributed by atoms with van der Waals surface area (Å²) in [6.07, 6.45) is 8.39. The maximum absolute atomic E-state index is 6.26. The molecule has 1 spiro atoms. The van der Waals surface area contributed by atoms with E-state index in [0.29, 0.717) is 5.41 Å². The highest BCUT2D eigenvalue weighted by molar-refractivity contribution is 5.85. The van der Waals surface area contributed by atoms with Crippen molar-refractivity contribution in [3.8, 4) is 5.75 Å². The van der Waals surface area contributed by atoms with Gasteiger partial charge in [-0.15, -0.1) is 12.4 Å². The van der Waals surface area contributed by atoms with Crippen LogP contribution in [-0.4, -0.2) is 36.7 Å². The van der Waals surface area contributed by atoms with Crippen LogP contribution in [0.1, 0.15) is 44.2 Å². The molecule has 1 N–H and O–H groups in total. The summed E-state index contributed by atoms with van der Waals surface area (Å²) in [5.74, 6) is 1.09. The monoisotopic (exact) mass is 348 g/mol. The molecule has 132 valence electrons. The Hall–Kier alpha value is -1.03. The molecule has 4 rings (SSSR count). The van der Waals surface area contributed by atoms with Gasteiger partial charge in [0.15, 0.2) is 0 Å². The number of rotatable bonds is 2. The lowest BCUT2D eigenvalue weighted by Gasteiger charge is -2.39. The Morgan fingerprint density at radius 1 is 1.17 bits per heavy atom. The Morgan fingerprint density at radius 2 is 1.96 bits per heavy atom. The molecule has 3 nitrogen and oxygen atoms in total. The number of nitrogens with one attached hydrogen (secondary N) is 1. The summed E-state index contributed by atoms with van der Waals surface area (Å²) in [5.41, 5.74) is 2.94. The molecule has 1 aromatic rings. The summed E-state index contributed by atoms with van der Waals surface area (Å²) >= 11 is 0. The third-order valence-electron chi connectivity index (χ3n) is 5.80. The lowest BCUT2D eigenvalue weighted by atomic mass is 9.78. The fourth-order valence-electron chi connectivity index (χ4n) is 4.22. The predicted octanol–water partition coefficient (Wildman–Crippen LogP) is 3.87. The van der Waals surface area contributed by atoms with E-state index in [-0.39, 0.29) is 18.0 Å². The van der Waals surface area contributed by atoms with Crippen molar-refractivity contribution >= 4 is 18.5 Å². The molecule has 1 aromatic carbocycles. The molecular weight excluding hydrogens is 320 g/mol. The molecule has 2 saturated heterocycles. The van der Waals surface area contributed by atoms with Crippen LogP contribution >= 0.6 is 12.4 Å². The summed E-state index contributed by atoms with van der Waals surface area (Å²) in [6.45, 7) is 10.1. The number of hydrogen-bond acceptors (Lipinski definition) is 3. The van der Waals surface area contributed by atoms with Crippen LogP contribution in [0.25, 0.3) is 6.08 Å². The second-order valence-electron chi connectivity index (χ2n) is 8.08. The average molecular weight is 349 g/mol. The number of piperidine rings is 1. The first-order valence-electron chi connectivity index (χ1n) is 8.99. The molecule has 3 aliphatic heterocycles. The van der Waals surface area contributed by atoms with Gasteiger partial charge in [0.25, 0.3) is 0 Å². The average Bonchev–Trinajstić information content (AvgIpc) is 2.98. The summed E-state index contributed by atoms with van der Waals surface area (Å²) in [6, 6.07) is 6.54. The van der Waals surface area contributed by atoms with E-state index in [4.69, 9.17) is 4.74 Å². The molecule has 2 fully saturated rings. The molecule has 0 atom stereocenters. The summed E-state index contributed by atoms with van der Waals surface area (Å²) < 4.78 is 6.26. The van der Waals surface area contributed by atoms with Gasteiger partial charge in [-0.05, 0) is 64.2 Å². The topological polar surface area (TPSA) is 24.5 Å². The van der Waals surface area contributed by atoms with Crippen LogP contribution in [0, 0.1) is 5.41 Å². The molecule has 24 heavy (non-hydrogen) atoms. The van der Waals surface area contributed by atoms with Crippen molar-refractivity contribution in [2.24, 2.45) is 5.41 Å². The lowest BCUT2D eigenvalue weighted by Crippen LogP contribution is -2.41. The van der Waals surface area contributed by atoms with Crippen LogP contribution in [0.15, 0.2) is 24.3 Å². The van der Waals surface area contributed by atoms with E-state index in [1.165, 1.54) is 56.6 Å². The molecule has 0 aromatic heterocycles. The minimum absolute atomic E-state index is 0. The fraction of sp³-hybridized carbons (Fsp3) is 0.600. The van der Waals surface area contributed by atoms with E-state index in [0.717, 1.165) is 12.3 Å². The maximum atomic E-state index is 6.26. The van der Waals surface area contributed by atoms with Crippen LogP contribution < -0.4 is 10.1 Å². The molecule has 3 heterocycles. The van der Waals surface area contributed by atoms with Gasteiger partial charge in [-0.25, -0.2) is 0 Å². The first-order chi connectivity index (χ1) is 11.1. The lowest BCUT2D eigenvalue weighted by molar-refractivity contribution is 0.110. The van der Waals surface area contributed by atoms with Crippen LogP contribution in [0.2, 0.25) is 0 Å². The quantitative estimate of drug-likeness (QED) is 0.878. The van der Waals surface area contributed by atoms with Gasteiger partial charge < -0.3 is 10.1 Å². The van der Waals surface area contributed by atoms with E-state index < -0.39 is 0 Å². The SMILES string of the molecule is CC1(C)C=Cc2cccc(CN3CCC4(CCNC4)CC3)c2O1.Cl. The molecule has 0 aliphatic carbocycles. The minimum atomic E-state index is -0.204. The van der Waals surface area contributed by atoms with Gasteiger partial charge in [-0.3, -0.25) is 4.90 Å².